The first-order valence-corrected chi connectivity index (χ1v) is 5.87. The van der Waals surface area contributed by atoms with Gasteiger partial charge in [-0.2, -0.15) is 0 Å². The van der Waals surface area contributed by atoms with Gasteiger partial charge in [0, 0.05) is 0 Å². The maximum Gasteiger partial charge on any atom is 0.137 e. The van der Waals surface area contributed by atoms with Crippen molar-refractivity contribution in [1.82, 2.24) is 0 Å². The van der Waals surface area contributed by atoms with Crippen LogP contribution in [0.25, 0.3) is 0 Å². The smallest absolute Gasteiger partial charge is 0.137 e. The molecule has 0 aromatic carbocycles. The van der Waals surface area contributed by atoms with Crippen LogP contribution in [0.15, 0.2) is 47.2 Å². The minimum absolute atomic E-state index is 0.345. The van der Waals surface area contributed by atoms with E-state index in [1.165, 1.54) is 5.75 Å². The number of rotatable bonds is 1. The number of hydrogen-bond donors (Lipinski definition) is 0. The molecule has 1 aromatic heterocycles. The third-order valence-corrected chi connectivity index (χ3v) is 3.08. The number of aryl methyl sites for hydroxylation is 1. The zero-order valence-electron chi connectivity index (χ0n) is 8.41. The van der Waals surface area contributed by atoms with Crippen LogP contribution < -0.4 is 0 Å². The predicted molar refractivity (Wildman–Crippen MR) is 62.6 cm³/mol. The fraction of sp³-hybridized carbons (Fsp3) is 0.200. The maximum atomic E-state index is 8.25. The summed E-state index contributed by atoms with van der Waals surface area (Å²) < 4.78 is 0. The third-order valence-electron chi connectivity index (χ3n) is 1.40. The van der Waals surface area contributed by atoms with Gasteiger partial charge in [0.15, 0.2) is 0 Å². The molecular weight excluding hydrogens is 214 g/mol. The summed E-state index contributed by atoms with van der Waals surface area (Å²) in [5.41, 5.74) is 0. The summed E-state index contributed by atoms with van der Waals surface area (Å²) in [4.78, 5) is 8.25. The Kier molecular flexibility index (Phi) is 7.99. The third kappa shape index (κ3) is 10.3. The Hall–Kier alpha value is -1.62. The van der Waals surface area contributed by atoms with E-state index in [1.54, 1.807) is 0 Å². The van der Waals surface area contributed by atoms with Crippen LogP contribution in [0.2, 0.25) is 0 Å². The summed E-state index contributed by atoms with van der Waals surface area (Å²) in [6.07, 6.45) is 0. The Labute approximate surface area is 91.2 Å². The highest BCUT2D eigenvalue weighted by Gasteiger charge is 1.87. The van der Waals surface area contributed by atoms with Crippen molar-refractivity contribution in [2.75, 3.05) is 0 Å². The zero-order chi connectivity index (χ0) is 11.5. The van der Waals surface area contributed by atoms with E-state index in [0.29, 0.717) is 10.5 Å². The van der Waals surface area contributed by atoms with Crippen LogP contribution in [-0.4, -0.2) is 5.09 Å². The molecule has 0 radical (unpaired) electrons. The van der Waals surface area contributed by atoms with Gasteiger partial charge in [0.25, 0.3) is 0 Å². The molecule has 0 saturated carbocycles. The van der Waals surface area contributed by atoms with E-state index in [1.807, 2.05) is 12.1 Å². The van der Waals surface area contributed by atoms with Crippen LogP contribution in [0.3, 0.4) is 0 Å². The van der Waals surface area contributed by atoms with Crippen molar-refractivity contribution in [2.24, 2.45) is 0 Å². The fourth-order valence-electron chi connectivity index (χ4n) is 0.787. The van der Waals surface area contributed by atoms with E-state index in [4.69, 9.17) is 15.3 Å². The lowest BCUT2D eigenvalue weighted by atomic mass is 10.5. The topological polar surface area (TPSA) is 66.2 Å². The molecule has 0 aliphatic heterocycles. The Morgan fingerprint density at radius 1 is 1.00 bits per heavy atom. The van der Waals surface area contributed by atoms with Gasteiger partial charge in [0.05, 0.1) is 5.09 Å². The van der Waals surface area contributed by atoms with Crippen LogP contribution >= 0.6 is 10.5 Å². The molecule has 0 atom stereocenters. The monoisotopic (exact) mass is 227 g/mol. The van der Waals surface area contributed by atoms with Crippen LogP contribution in [0.1, 0.15) is 6.92 Å². The molecular formula is C10H13NO3S. The van der Waals surface area contributed by atoms with Crippen molar-refractivity contribution in [1.29, 1.82) is 0 Å². The summed E-state index contributed by atoms with van der Waals surface area (Å²) in [6, 6.07) is 12.5. The second-order valence-corrected chi connectivity index (χ2v) is 4.47. The lowest BCUT2D eigenvalue weighted by Gasteiger charge is -1.76. The Morgan fingerprint density at radius 3 is 1.67 bits per heavy atom. The molecule has 0 bridgehead atoms. The number of nitrogens with zero attached hydrogens (tertiary/aromatic N) is 1. The SMILES string of the molecule is CC[s+]1cccccccc1.O=[N+]([O-])[O-]. The van der Waals surface area contributed by atoms with Crippen molar-refractivity contribution in [2.45, 2.75) is 12.7 Å². The lowest BCUT2D eigenvalue weighted by molar-refractivity contribution is -0.402. The molecule has 1 aromatic rings. The minimum atomic E-state index is -1.75. The average Bonchev–Trinajstić information content (AvgIpc) is 2.29. The van der Waals surface area contributed by atoms with E-state index < -0.39 is 5.09 Å². The highest BCUT2D eigenvalue weighted by Crippen LogP contribution is 2.12. The molecule has 1 heterocycles. The minimum Gasteiger partial charge on any atom is -0.356 e. The first-order valence-electron chi connectivity index (χ1n) is 4.35. The Bertz CT molecular complexity index is 309. The molecule has 4 nitrogen and oxygen atoms in total. The average molecular weight is 227 g/mol. The summed E-state index contributed by atoms with van der Waals surface area (Å²) in [6.45, 7) is 2.21. The van der Waals surface area contributed by atoms with Crippen molar-refractivity contribution < 1.29 is 5.09 Å². The summed E-state index contributed by atoms with van der Waals surface area (Å²) in [5.74, 6) is 1.20. The second kappa shape index (κ2) is 8.96. The maximum absolute atomic E-state index is 8.25. The van der Waals surface area contributed by atoms with E-state index in [2.05, 4.69) is 41.9 Å². The standard InChI is InChI=1S/C10H13S.NO3/c1-2-11-9-7-5-3-4-6-8-10-11;2-1(3)4/h3-10H,2H2,1H3;/q+1;-1. The van der Waals surface area contributed by atoms with E-state index in [0.717, 1.165) is 0 Å². The molecule has 0 saturated heterocycles. The molecule has 0 aliphatic carbocycles. The van der Waals surface area contributed by atoms with Crippen LogP contribution in [-0.2, 0) is 5.75 Å². The molecule has 5 heteroatoms. The van der Waals surface area contributed by atoms with Crippen molar-refractivity contribution in [3.8, 4) is 0 Å². The predicted octanol–water partition coefficient (Wildman–Crippen LogP) is 3.34. The van der Waals surface area contributed by atoms with Gasteiger partial charge in [0.1, 0.15) is 16.5 Å². The molecule has 0 N–H and O–H groups in total. The first-order chi connectivity index (χ1) is 7.16. The molecule has 0 spiro atoms. The van der Waals surface area contributed by atoms with Crippen LogP contribution in [0.4, 0.5) is 0 Å². The summed E-state index contributed by atoms with van der Waals surface area (Å²) in [7, 11) is 0.345. The molecule has 0 aliphatic rings. The van der Waals surface area contributed by atoms with Crippen LogP contribution in [0, 0.1) is 15.3 Å². The highest BCUT2D eigenvalue weighted by molar-refractivity contribution is 7.27. The van der Waals surface area contributed by atoms with Crippen LogP contribution in [0.5, 0.6) is 0 Å². The lowest BCUT2D eigenvalue weighted by Crippen LogP contribution is -1.74. The molecule has 0 unspecified atom stereocenters. The molecule has 82 valence electrons. The van der Waals surface area contributed by atoms with E-state index in [-0.39, 0.29) is 0 Å². The van der Waals surface area contributed by atoms with Gasteiger partial charge < -0.3 is 15.3 Å². The van der Waals surface area contributed by atoms with Gasteiger partial charge in [-0.15, -0.1) is 0 Å². The normalized spacial score (nSPS) is 8.07. The quantitative estimate of drug-likeness (QED) is 0.420. The molecule has 0 amide bonds. The molecule has 1 rings (SSSR count). The Morgan fingerprint density at radius 2 is 1.33 bits per heavy atom. The van der Waals surface area contributed by atoms with Gasteiger partial charge in [-0.3, -0.25) is 0 Å². The van der Waals surface area contributed by atoms with Gasteiger partial charge in [-0.1, -0.05) is 24.3 Å². The van der Waals surface area contributed by atoms with Gasteiger partial charge in [-0.05, 0) is 29.5 Å². The second-order valence-electron chi connectivity index (χ2n) is 2.41. The highest BCUT2D eigenvalue weighted by atomic mass is 32.2. The van der Waals surface area contributed by atoms with Gasteiger partial charge in [0.2, 0.25) is 0 Å². The molecule has 0 fully saturated rings. The number of hydrogen-bond acceptors (Lipinski definition) is 3. The van der Waals surface area contributed by atoms with E-state index >= 15 is 0 Å². The summed E-state index contributed by atoms with van der Waals surface area (Å²) >= 11 is 0. The molecule has 15 heavy (non-hydrogen) atoms. The first kappa shape index (κ1) is 13.4. The van der Waals surface area contributed by atoms with Gasteiger partial charge in [-0.25, -0.2) is 0 Å². The summed E-state index contributed by atoms with van der Waals surface area (Å²) in [5, 5.41) is 19.2. The fourth-order valence-corrected chi connectivity index (χ4v) is 1.85. The van der Waals surface area contributed by atoms with E-state index in [9.17, 15) is 0 Å². The van der Waals surface area contributed by atoms with Crippen molar-refractivity contribution in [3.63, 3.8) is 0 Å². The zero-order valence-corrected chi connectivity index (χ0v) is 9.22. The van der Waals surface area contributed by atoms with Crippen molar-refractivity contribution >= 4 is 10.5 Å². The largest absolute Gasteiger partial charge is 0.356 e. The Balaban J connectivity index is 0.000000423. The van der Waals surface area contributed by atoms with Gasteiger partial charge >= 0.3 is 0 Å². The van der Waals surface area contributed by atoms with Crippen molar-refractivity contribution in [3.05, 3.63) is 62.5 Å².